The molecule has 1 N–H and O–H groups in total. The van der Waals surface area contributed by atoms with Crippen molar-refractivity contribution in [2.45, 2.75) is 6.92 Å². The maximum Gasteiger partial charge on any atom is 0.222 e. The van der Waals surface area contributed by atoms with Crippen LogP contribution in [0.4, 0.5) is 5.95 Å². The molecule has 0 saturated carbocycles. The van der Waals surface area contributed by atoms with Crippen molar-refractivity contribution in [2.75, 3.05) is 25.6 Å². The Morgan fingerprint density at radius 2 is 1.95 bits per heavy atom. The summed E-state index contributed by atoms with van der Waals surface area (Å²) in [6.07, 6.45) is 1.81. The smallest absolute Gasteiger partial charge is 0.222 e. The second kappa shape index (κ2) is 4.76. The second-order valence-electron chi connectivity index (χ2n) is 4.33. The number of fused-ring (bicyclic) bond motifs is 1. The largest absolute Gasteiger partial charge is 0.486 e. The molecule has 0 fully saturated rings. The zero-order chi connectivity index (χ0) is 13.2. The molecule has 1 aliphatic rings. The summed E-state index contributed by atoms with van der Waals surface area (Å²) in [4.78, 5) is 8.68. The molecule has 0 saturated heterocycles. The van der Waals surface area contributed by atoms with Crippen LogP contribution < -0.4 is 14.8 Å². The Balaban J connectivity index is 2.06. The van der Waals surface area contributed by atoms with Gasteiger partial charge in [-0.2, -0.15) is 0 Å². The summed E-state index contributed by atoms with van der Waals surface area (Å²) in [5.41, 5.74) is 2.92. The number of aryl methyl sites for hydroxylation is 1. The summed E-state index contributed by atoms with van der Waals surface area (Å²) in [7, 11) is 1.80. The first-order chi connectivity index (χ1) is 9.28. The molecule has 0 amide bonds. The van der Waals surface area contributed by atoms with E-state index in [4.69, 9.17) is 9.47 Å². The number of ether oxygens (including phenoxy) is 2. The topological polar surface area (TPSA) is 56.3 Å². The Morgan fingerprint density at radius 3 is 2.74 bits per heavy atom. The lowest BCUT2D eigenvalue weighted by Crippen LogP contribution is -2.15. The van der Waals surface area contributed by atoms with Crippen molar-refractivity contribution >= 4 is 5.95 Å². The number of hydrogen-bond acceptors (Lipinski definition) is 5. The number of rotatable bonds is 2. The first kappa shape index (κ1) is 11.8. The molecule has 5 heteroatoms. The second-order valence-corrected chi connectivity index (χ2v) is 4.33. The number of nitrogens with one attached hydrogen (secondary N) is 1. The molecule has 0 aliphatic carbocycles. The molecule has 0 atom stereocenters. The fourth-order valence-corrected chi connectivity index (χ4v) is 2.05. The molecule has 98 valence electrons. The maximum atomic E-state index is 5.60. The zero-order valence-electron chi connectivity index (χ0n) is 10.9. The summed E-state index contributed by atoms with van der Waals surface area (Å²) in [5.74, 6) is 2.17. The van der Waals surface area contributed by atoms with Crippen molar-refractivity contribution in [3.63, 3.8) is 0 Å². The SMILES string of the molecule is CNc1ncc(C)c(-c2ccc3c(c2)OCCO3)n1. The molecular formula is C14H15N3O2. The molecular weight excluding hydrogens is 242 g/mol. The fraction of sp³-hybridized carbons (Fsp3) is 0.286. The highest BCUT2D eigenvalue weighted by Crippen LogP contribution is 2.34. The molecule has 0 unspecified atom stereocenters. The van der Waals surface area contributed by atoms with Crippen LogP contribution in [0.15, 0.2) is 24.4 Å². The van der Waals surface area contributed by atoms with Crippen LogP contribution in [0.5, 0.6) is 11.5 Å². The van der Waals surface area contributed by atoms with Crippen molar-refractivity contribution < 1.29 is 9.47 Å². The summed E-state index contributed by atoms with van der Waals surface area (Å²) in [6.45, 7) is 3.18. The first-order valence-corrected chi connectivity index (χ1v) is 6.19. The standard InChI is InChI=1S/C14H15N3O2/c1-9-8-16-14(15-2)17-13(9)10-3-4-11-12(7-10)19-6-5-18-11/h3-4,7-8H,5-6H2,1-2H3,(H,15,16,17). The number of hydrogen-bond donors (Lipinski definition) is 1. The molecule has 19 heavy (non-hydrogen) atoms. The van der Waals surface area contributed by atoms with E-state index in [2.05, 4.69) is 15.3 Å². The molecule has 0 bridgehead atoms. The molecule has 0 radical (unpaired) electrons. The average molecular weight is 257 g/mol. The molecule has 1 aliphatic heterocycles. The highest BCUT2D eigenvalue weighted by Gasteiger charge is 2.14. The lowest BCUT2D eigenvalue weighted by molar-refractivity contribution is 0.171. The van der Waals surface area contributed by atoms with Gasteiger partial charge < -0.3 is 14.8 Å². The predicted molar refractivity (Wildman–Crippen MR) is 72.7 cm³/mol. The van der Waals surface area contributed by atoms with Gasteiger partial charge in [0.05, 0.1) is 5.69 Å². The summed E-state index contributed by atoms with van der Waals surface area (Å²) < 4.78 is 11.1. The van der Waals surface area contributed by atoms with Gasteiger partial charge in [-0.3, -0.25) is 0 Å². The third-order valence-corrected chi connectivity index (χ3v) is 3.01. The maximum absolute atomic E-state index is 5.60. The van der Waals surface area contributed by atoms with E-state index in [0.717, 1.165) is 28.3 Å². The van der Waals surface area contributed by atoms with Crippen LogP contribution in [0.25, 0.3) is 11.3 Å². The minimum Gasteiger partial charge on any atom is -0.486 e. The van der Waals surface area contributed by atoms with Gasteiger partial charge in [0.15, 0.2) is 11.5 Å². The predicted octanol–water partition coefficient (Wildman–Crippen LogP) is 2.26. The third-order valence-electron chi connectivity index (χ3n) is 3.01. The Hall–Kier alpha value is -2.30. The van der Waals surface area contributed by atoms with Gasteiger partial charge in [-0.25, -0.2) is 9.97 Å². The Labute approximate surface area is 111 Å². The van der Waals surface area contributed by atoms with Gasteiger partial charge in [0.2, 0.25) is 5.95 Å². The molecule has 3 rings (SSSR count). The van der Waals surface area contributed by atoms with E-state index in [0.29, 0.717) is 19.2 Å². The van der Waals surface area contributed by atoms with Gasteiger partial charge in [-0.1, -0.05) is 0 Å². The van der Waals surface area contributed by atoms with Crippen molar-refractivity contribution in [2.24, 2.45) is 0 Å². The normalized spacial score (nSPS) is 13.2. The number of benzene rings is 1. The van der Waals surface area contributed by atoms with Gasteiger partial charge in [0.25, 0.3) is 0 Å². The van der Waals surface area contributed by atoms with E-state index in [9.17, 15) is 0 Å². The quantitative estimate of drug-likeness (QED) is 0.894. The van der Waals surface area contributed by atoms with E-state index in [1.807, 2.05) is 31.3 Å². The van der Waals surface area contributed by atoms with Crippen LogP contribution in [0.1, 0.15) is 5.56 Å². The van der Waals surface area contributed by atoms with E-state index in [1.165, 1.54) is 0 Å². The summed E-state index contributed by atoms with van der Waals surface area (Å²) >= 11 is 0. The molecule has 0 spiro atoms. The van der Waals surface area contributed by atoms with Gasteiger partial charge in [0.1, 0.15) is 13.2 Å². The van der Waals surface area contributed by atoms with Crippen LogP contribution in [0, 0.1) is 6.92 Å². The van der Waals surface area contributed by atoms with Crippen LogP contribution in [-0.2, 0) is 0 Å². The zero-order valence-corrected chi connectivity index (χ0v) is 10.9. The van der Waals surface area contributed by atoms with Crippen LogP contribution in [0.2, 0.25) is 0 Å². The molecule has 1 aromatic carbocycles. The van der Waals surface area contributed by atoms with Gasteiger partial charge in [-0.15, -0.1) is 0 Å². The van der Waals surface area contributed by atoms with Gasteiger partial charge in [0, 0.05) is 18.8 Å². The summed E-state index contributed by atoms with van der Waals surface area (Å²) in [5, 5.41) is 2.95. The van der Waals surface area contributed by atoms with Crippen molar-refractivity contribution in [1.82, 2.24) is 9.97 Å². The highest BCUT2D eigenvalue weighted by molar-refractivity contribution is 5.67. The van der Waals surface area contributed by atoms with E-state index < -0.39 is 0 Å². The fourth-order valence-electron chi connectivity index (χ4n) is 2.05. The third kappa shape index (κ3) is 2.19. The Bertz CT molecular complexity index is 614. The minimum absolute atomic E-state index is 0.584. The van der Waals surface area contributed by atoms with Gasteiger partial charge in [-0.05, 0) is 30.7 Å². The van der Waals surface area contributed by atoms with Crippen molar-refractivity contribution in [3.8, 4) is 22.8 Å². The van der Waals surface area contributed by atoms with Crippen LogP contribution >= 0.6 is 0 Å². The van der Waals surface area contributed by atoms with E-state index in [-0.39, 0.29) is 0 Å². The van der Waals surface area contributed by atoms with Crippen molar-refractivity contribution in [3.05, 3.63) is 30.0 Å². The molecule has 2 heterocycles. The van der Waals surface area contributed by atoms with Gasteiger partial charge >= 0.3 is 0 Å². The highest BCUT2D eigenvalue weighted by atomic mass is 16.6. The van der Waals surface area contributed by atoms with E-state index in [1.54, 1.807) is 7.05 Å². The summed E-state index contributed by atoms with van der Waals surface area (Å²) in [6, 6.07) is 5.87. The van der Waals surface area contributed by atoms with Crippen LogP contribution in [-0.4, -0.2) is 30.2 Å². The lowest BCUT2D eigenvalue weighted by atomic mass is 10.1. The Morgan fingerprint density at radius 1 is 1.16 bits per heavy atom. The van der Waals surface area contributed by atoms with E-state index >= 15 is 0 Å². The van der Waals surface area contributed by atoms with Crippen molar-refractivity contribution in [1.29, 1.82) is 0 Å². The first-order valence-electron chi connectivity index (χ1n) is 6.19. The monoisotopic (exact) mass is 257 g/mol. The lowest BCUT2D eigenvalue weighted by Gasteiger charge is -2.19. The molecule has 2 aromatic rings. The molecule has 1 aromatic heterocycles. The molecule has 5 nitrogen and oxygen atoms in total. The minimum atomic E-state index is 0.584. The average Bonchev–Trinajstić information content (AvgIpc) is 2.47. The van der Waals surface area contributed by atoms with Crippen LogP contribution in [0.3, 0.4) is 0 Å². The number of aromatic nitrogens is 2. The number of anilines is 1. The number of nitrogens with zero attached hydrogens (tertiary/aromatic N) is 2. The Kier molecular flexibility index (Phi) is 2.95.